The minimum atomic E-state index is -1.09. The van der Waals surface area contributed by atoms with Crippen LogP contribution >= 0.6 is 0 Å². The molecule has 9 nitrogen and oxygen atoms in total. The minimum Gasteiger partial charge on any atom is -0.497 e. The molecule has 2 N–H and O–H groups in total. The van der Waals surface area contributed by atoms with E-state index in [2.05, 4.69) is 10.6 Å². The molecule has 0 aliphatic heterocycles. The van der Waals surface area contributed by atoms with Crippen molar-refractivity contribution < 1.29 is 33.3 Å². The smallest absolute Gasteiger partial charge is 0.326 e. The lowest BCUT2D eigenvalue weighted by atomic mass is 10.2. The van der Waals surface area contributed by atoms with E-state index in [1.807, 2.05) is 0 Å². The molecule has 0 bridgehead atoms. The van der Waals surface area contributed by atoms with Crippen molar-refractivity contribution in [1.82, 2.24) is 5.32 Å². The van der Waals surface area contributed by atoms with Gasteiger partial charge in [0.2, 0.25) is 0 Å². The van der Waals surface area contributed by atoms with E-state index in [9.17, 15) is 14.4 Å². The molecule has 2 rings (SSSR count). The molecule has 1 unspecified atom stereocenters. The third kappa shape index (κ3) is 6.13. The Morgan fingerprint density at radius 1 is 0.900 bits per heavy atom. The fraction of sp³-hybridized carbons (Fsp3) is 0.286. The molecule has 9 heteroatoms. The van der Waals surface area contributed by atoms with Gasteiger partial charge in [0.25, 0.3) is 11.8 Å². The summed E-state index contributed by atoms with van der Waals surface area (Å²) in [7, 11) is 4.48. The molecule has 30 heavy (non-hydrogen) atoms. The molecule has 160 valence electrons. The summed E-state index contributed by atoms with van der Waals surface area (Å²) in [6.07, 6.45) is -1.09. The van der Waals surface area contributed by atoms with Crippen molar-refractivity contribution in [1.29, 1.82) is 0 Å². The molecule has 0 saturated heterocycles. The number of carbonyl (C=O) groups excluding carboxylic acids is 3. The highest BCUT2D eigenvalue weighted by molar-refractivity contribution is 5.98. The largest absolute Gasteiger partial charge is 0.497 e. The van der Waals surface area contributed by atoms with Gasteiger partial charge >= 0.3 is 5.97 Å². The van der Waals surface area contributed by atoms with Crippen LogP contribution in [0.3, 0.4) is 0 Å². The van der Waals surface area contributed by atoms with E-state index in [1.165, 1.54) is 28.3 Å². The molecular weight excluding hydrogens is 392 g/mol. The van der Waals surface area contributed by atoms with Crippen molar-refractivity contribution in [2.45, 2.75) is 13.0 Å². The first-order chi connectivity index (χ1) is 14.4. The highest BCUT2D eigenvalue weighted by atomic mass is 16.5. The number of methoxy groups -OCH3 is 3. The molecule has 0 fully saturated rings. The summed E-state index contributed by atoms with van der Waals surface area (Å²) in [5, 5.41) is 5.06. The molecule has 0 saturated carbocycles. The Morgan fingerprint density at radius 2 is 1.53 bits per heavy atom. The van der Waals surface area contributed by atoms with E-state index < -0.39 is 23.9 Å². The average Bonchev–Trinajstić information content (AvgIpc) is 2.77. The zero-order valence-corrected chi connectivity index (χ0v) is 17.2. The number of amides is 2. The Kier molecular flexibility index (Phi) is 8.04. The zero-order chi connectivity index (χ0) is 22.1. The summed E-state index contributed by atoms with van der Waals surface area (Å²) < 4.78 is 20.4. The molecule has 0 aliphatic carbocycles. The predicted molar refractivity (Wildman–Crippen MR) is 109 cm³/mol. The van der Waals surface area contributed by atoms with E-state index in [1.54, 1.807) is 42.5 Å². The van der Waals surface area contributed by atoms with Crippen LogP contribution < -0.4 is 24.8 Å². The third-order valence-corrected chi connectivity index (χ3v) is 4.09. The third-order valence-electron chi connectivity index (χ3n) is 4.09. The number of ether oxygens (including phenoxy) is 4. The Labute approximate surface area is 174 Å². The van der Waals surface area contributed by atoms with Crippen molar-refractivity contribution in [3.8, 4) is 17.2 Å². The van der Waals surface area contributed by atoms with Gasteiger partial charge in [0.1, 0.15) is 23.8 Å². The number of anilines is 1. The molecule has 2 aromatic carbocycles. The van der Waals surface area contributed by atoms with Crippen LogP contribution in [-0.2, 0) is 14.3 Å². The Hall–Kier alpha value is -3.75. The topological polar surface area (TPSA) is 112 Å². The van der Waals surface area contributed by atoms with Gasteiger partial charge in [-0.25, -0.2) is 0 Å². The summed E-state index contributed by atoms with van der Waals surface area (Å²) in [6.45, 7) is 1.04. The van der Waals surface area contributed by atoms with Gasteiger partial charge in [-0.15, -0.1) is 0 Å². The quantitative estimate of drug-likeness (QED) is 0.602. The first-order valence-electron chi connectivity index (χ1n) is 9.02. The van der Waals surface area contributed by atoms with Gasteiger partial charge in [0.15, 0.2) is 6.10 Å². The van der Waals surface area contributed by atoms with Gasteiger partial charge in [-0.2, -0.15) is 0 Å². The molecule has 0 radical (unpaired) electrons. The van der Waals surface area contributed by atoms with Gasteiger partial charge in [-0.3, -0.25) is 14.4 Å². The zero-order valence-electron chi connectivity index (χ0n) is 17.2. The van der Waals surface area contributed by atoms with Crippen LogP contribution in [-0.4, -0.2) is 51.8 Å². The van der Waals surface area contributed by atoms with Crippen LogP contribution in [0.4, 0.5) is 5.69 Å². The molecule has 1 atom stereocenters. The Balaban J connectivity index is 1.87. The van der Waals surface area contributed by atoms with E-state index in [-0.39, 0.29) is 6.54 Å². The average molecular weight is 416 g/mol. The van der Waals surface area contributed by atoms with Gasteiger partial charge in [0, 0.05) is 11.6 Å². The molecule has 0 spiro atoms. The molecule has 0 aromatic heterocycles. The SMILES string of the molecule is COc1ccc(C(=O)NCC(=O)OC(C)C(=O)Nc2cc(OC)ccc2OC)cc1. The maximum atomic E-state index is 12.4. The number of hydrogen-bond donors (Lipinski definition) is 2. The summed E-state index contributed by atoms with van der Waals surface area (Å²) in [4.78, 5) is 36.4. The number of benzene rings is 2. The summed E-state index contributed by atoms with van der Waals surface area (Å²) >= 11 is 0. The second-order valence-electron chi connectivity index (χ2n) is 6.10. The molecule has 0 aliphatic rings. The number of nitrogens with one attached hydrogen (secondary N) is 2. The van der Waals surface area contributed by atoms with Crippen molar-refractivity contribution in [2.24, 2.45) is 0 Å². The highest BCUT2D eigenvalue weighted by Crippen LogP contribution is 2.29. The lowest BCUT2D eigenvalue weighted by Gasteiger charge is -2.16. The fourth-order valence-electron chi connectivity index (χ4n) is 2.44. The van der Waals surface area contributed by atoms with Crippen molar-refractivity contribution in [2.75, 3.05) is 33.2 Å². The first kappa shape index (κ1) is 22.5. The van der Waals surface area contributed by atoms with Crippen molar-refractivity contribution in [3.63, 3.8) is 0 Å². The second-order valence-corrected chi connectivity index (χ2v) is 6.10. The van der Waals surface area contributed by atoms with Crippen LogP contribution in [0.15, 0.2) is 42.5 Å². The van der Waals surface area contributed by atoms with E-state index in [4.69, 9.17) is 18.9 Å². The maximum Gasteiger partial charge on any atom is 0.326 e. The molecule has 0 heterocycles. The minimum absolute atomic E-state index is 0.361. The molecule has 2 amide bonds. The lowest BCUT2D eigenvalue weighted by molar-refractivity contribution is -0.152. The van der Waals surface area contributed by atoms with Crippen LogP contribution in [0.1, 0.15) is 17.3 Å². The van der Waals surface area contributed by atoms with Gasteiger partial charge in [-0.1, -0.05) is 0 Å². The van der Waals surface area contributed by atoms with E-state index >= 15 is 0 Å². The maximum absolute atomic E-state index is 12.4. The normalized spacial score (nSPS) is 11.1. The summed E-state index contributed by atoms with van der Waals surface area (Å²) in [5.74, 6) is -0.203. The number of carbonyl (C=O) groups is 3. The summed E-state index contributed by atoms with van der Waals surface area (Å²) in [6, 6.07) is 11.3. The number of esters is 1. The van der Waals surface area contributed by atoms with E-state index in [0.29, 0.717) is 28.5 Å². The fourth-order valence-corrected chi connectivity index (χ4v) is 2.44. The van der Waals surface area contributed by atoms with Gasteiger partial charge < -0.3 is 29.6 Å². The number of hydrogen-bond acceptors (Lipinski definition) is 7. The van der Waals surface area contributed by atoms with Crippen molar-refractivity contribution in [3.05, 3.63) is 48.0 Å². The monoisotopic (exact) mass is 416 g/mol. The standard InChI is InChI=1S/C21H24N2O7/c1-13(20(25)23-17-11-16(28-3)9-10-18(17)29-4)30-19(24)12-22-21(26)14-5-7-15(27-2)8-6-14/h5-11,13H,12H2,1-4H3,(H,22,26)(H,23,25). The Morgan fingerprint density at radius 3 is 2.13 bits per heavy atom. The first-order valence-corrected chi connectivity index (χ1v) is 9.02. The highest BCUT2D eigenvalue weighted by Gasteiger charge is 2.20. The van der Waals surface area contributed by atoms with Gasteiger partial charge in [-0.05, 0) is 43.3 Å². The molecular formula is C21H24N2O7. The predicted octanol–water partition coefficient (Wildman–Crippen LogP) is 2.01. The Bertz CT molecular complexity index is 897. The number of rotatable bonds is 9. The summed E-state index contributed by atoms with van der Waals surface area (Å²) in [5.41, 5.74) is 0.733. The second kappa shape index (κ2) is 10.7. The van der Waals surface area contributed by atoms with Gasteiger partial charge in [0.05, 0.1) is 27.0 Å². The lowest BCUT2D eigenvalue weighted by Crippen LogP contribution is -2.35. The molecule has 2 aromatic rings. The van der Waals surface area contributed by atoms with Crippen molar-refractivity contribution >= 4 is 23.5 Å². The van der Waals surface area contributed by atoms with Crippen LogP contribution in [0.2, 0.25) is 0 Å². The van der Waals surface area contributed by atoms with Crippen LogP contribution in [0.25, 0.3) is 0 Å². The van der Waals surface area contributed by atoms with Crippen LogP contribution in [0, 0.1) is 0 Å². The van der Waals surface area contributed by atoms with Crippen LogP contribution in [0.5, 0.6) is 17.2 Å². The van der Waals surface area contributed by atoms with E-state index in [0.717, 1.165) is 0 Å².